The summed E-state index contributed by atoms with van der Waals surface area (Å²) >= 11 is 0. The molecule has 0 aliphatic carbocycles. The van der Waals surface area contributed by atoms with Gasteiger partial charge in [0.05, 0.1) is 6.34 Å². The van der Waals surface area contributed by atoms with Gasteiger partial charge in [-0.1, -0.05) is 12.6 Å². The number of hydrogen-bond donors (Lipinski definition) is 1. The minimum Gasteiger partial charge on any atom is -0.396 e. The molecule has 0 aromatic heterocycles. The fourth-order valence-corrected chi connectivity index (χ4v) is 1.77. The summed E-state index contributed by atoms with van der Waals surface area (Å²) in [7, 11) is 1.92. The van der Waals surface area contributed by atoms with E-state index in [-0.39, 0.29) is 180 Å². The van der Waals surface area contributed by atoms with Crippen LogP contribution in [-0.2, 0) is 0 Å². The number of benzene rings is 2. The summed E-state index contributed by atoms with van der Waals surface area (Å²) in [5, 5.41) is 7.54. The molecule has 0 amide bonds. The van der Waals surface area contributed by atoms with Crippen LogP contribution < -0.4 is 9.80 Å². The maximum absolute atomic E-state index is 7.54. The number of para-hydroxylation sites is 2. The van der Waals surface area contributed by atoms with E-state index in [2.05, 4.69) is 18.2 Å². The minimum absolute atomic E-state index is 0. The number of nitrogens with one attached hydrogen (secondary N) is 1. The molecule has 0 saturated carbocycles. The molecule has 26 heavy (non-hydrogen) atoms. The van der Waals surface area contributed by atoms with E-state index in [0.29, 0.717) is 0 Å². The van der Waals surface area contributed by atoms with Gasteiger partial charge in [0.2, 0.25) is 0 Å². The molecule has 0 atom stereocenters. The van der Waals surface area contributed by atoms with Crippen LogP contribution in [0, 0.1) is 211 Å². The van der Waals surface area contributed by atoms with Crippen molar-refractivity contribution in [2.45, 2.75) is 6.92 Å². The summed E-state index contributed by atoms with van der Waals surface area (Å²) in [6, 6.07) is 20.7. The Balaban J connectivity index is -0.000000245. The van der Waals surface area contributed by atoms with Gasteiger partial charge in [0.15, 0.2) is 0 Å². The van der Waals surface area contributed by atoms with Gasteiger partial charge in [0, 0.05) is 185 Å². The molecule has 0 spiro atoms. The van der Waals surface area contributed by atoms with Crippen LogP contribution in [0.2, 0.25) is 0 Å². The Morgan fingerprint density at radius 1 is 0.885 bits per heavy atom. The van der Waals surface area contributed by atoms with E-state index in [9.17, 15) is 0 Å². The summed E-state index contributed by atoms with van der Waals surface area (Å²) in [5.41, 5.74) is 2.79. The summed E-state index contributed by atoms with van der Waals surface area (Å²) in [6.45, 7) is 2.00. The first-order chi connectivity index (χ1) is 9.72. The van der Waals surface area contributed by atoms with Crippen molar-refractivity contribution in [1.29, 1.82) is 5.41 Å². The maximum Gasteiger partial charge on any atom is 0.0884 e. The molecule has 4 radical (unpaired) electrons. The Hall–Kier alpha value is 2.90. The molecule has 130 valence electrons. The first-order valence-electron chi connectivity index (χ1n) is 6.28. The van der Waals surface area contributed by atoms with Crippen molar-refractivity contribution in [3.05, 3.63) is 87.4 Å². The van der Waals surface area contributed by atoms with E-state index in [1.54, 1.807) is 4.90 Å². The Bertz CT molecular complexity index is 607. The SMILES string of the molecule is Cc1ccc[c-]c1N(C=N)/C=C\N(C)c1[c-]ccc[c-]1.[CH3-].[CH3-].[Pr].[Pr].[Pr].[Pr]. The second-order valence-corrected chi connectivity index (χ2v) is 4.31. The van der Waals surface area contributed by atoms with Crippen molar-refractivity contribution in [1.82, 2.24) is 0 Å². The van der Waals surface area contributed by atoms with E-state index < -0.39 is 0 Å². The van der Waals surface area contributed by atoms with Crippen LogP contribution in [0.25, 0.3) is 0 Å². The van der Waals surface area contributed by atoms with E-state index in [4.69, 9.17) is 5.41 Å². The van der Waals surface area contributed by atoms with Crippen LogP contribution in [0.15, 0.2) is 48.8 Å². The quantitative estimate of drug-likeness (QED) is 0.277. The maximum atomic E-state index is 7.54. The predicted octanol–water partition coefficient (Wildman–Crippen LogP) is 4.32. The Labute approximate surface area is 292 Å². The second-order valence-electron chi connectivity index (χ2n) is 4.31. The third-order valence-corrected chi connectivity index (χ3v) is 2.87. The van der Waals surface area contributed by atoms with Crippen molar-refractivity contribution in [3.63, 3.8) is 0 Å². The molecule has 7 heteroatoms. The van der Waals surface area contributed by atoms with Crippen LogP contribution in [0.1, 0.15) is 5.56 Å². The molecule has 0 aliphatic heterocycles. The zero-order chi connectivity index (χ0) is 14.4. The fourth-order valence-electron chi connectivity index (χ4n) is 1.77. The van der Waals surface area contributed by atoms with Gasteiger partial charge in [-0.15, -0.1) is 5.56 Å². The minimum atomic E-state index is 0. The third kappa shape index (κ3) is 13.3. The van der Waals surface area contributed by atoms with Gasteiger partial charge in [-0.2, -0.15) is 24.3 Å². The summed E-state index contributed by atoms with van der Waals surface area (Å²) in [4.78, 5) is 3.61. The first-order valence-corrected chi connectivity index (χ1v) is 6.28. The van der Waals surface area contributed by atoms with Crippen LogP contribution in [0.3, 0.4) is 0 Å². The van der Waals surface area contributed by atoms with Crippen LogP contribution >= 0.6 is 0 Å². The Kier molecular flexibility index (Phi) is 34.2. The molecular formula is C19H22N3Pr4-5. The molecule has 2 aromatic rings. The molecule has 0 aliphatic rings. The average Bonchev–Trinajstić information content (AvgIpc) is 2.50. The molecule has 0 saturated heterocycles. The topological polar surface area (TPSA) is 30.3 Å². The number of aryl methyl sites for hydroxylation is 1. The summed E-state index contributed by atoms with van der Waals surface area (Å²) in [5.74, 6) is 0. The standard InChI is InChI=1S/C17H16N3.2CH3.4Pr/c1-15-8-6-7-11-17(15)20(14-18)13-12-19(2)16-9-4-3-5-10-16;;;;;;/h3-8,12-14,18H,1-2H3;2*1H3;;;;/q-3;2*-1;;;;/b13-12-,18-14?;;;;;;. The normalized spacial score (nSPS) is 8.08. The predicted molar refractivity (Wildman–Crippen MR) is 95.8 cm³/mol. The van der Waals surface area contributed by atoms with Crippen LogP contribution in [-0.4, -0.2) is 13.4 Å². The number of anilines is 2. The van der Waals surface area contributed by atoms with E-state index in [1.807, 2.05) is 67.7 Å². The molecule has 0 unspecified atom stereocenters. The molecule has 2 rings (SSSR count). The fraction of sp³-hybridized carbons (Fsp3) is 0.105. The molecule has 0 fully saturated rings. The van der Waals surface area contributed by atoms with Gasteiger partial charge >= 0.3 is 0 Å². The number of rotatable bonds is 5. The van der Waals surface area contributed by atoms with Gasteiger partial charge in [0.25, 0.3) is 0 Å². The number of hydrogen-bond acceptors (Lipinski definition) is 2. The molecule has 0 bridgehead atoms. The van der Waals surface area contributed by atoms with E-state index >= 15 is 0 Å². The molecule has 2 aromatic carbocycles. The smallest absolute Gasteiger partial charge is 0.0884 e. The van der Waals surface area contributed by atoms with Crippen molar-refractivity contribution >= 4 is 17.7 Å². The Morgan fingerprint density at radius 3 is 1.92 bits per heavy atom. The van der Waals surface area contributed by atoms with Crippen molar-refractivity contribution in [3.8, 4) is 0 Å². The van der Waals surface area contributed by atoms with Gasteiger partial charge in [-0.25, -0.2) is 5.69 Å². The number of nitrogens with zero attached hydrogens (tertiary/aromatic N) is 2. The zero-order valence-corrected chi connectivity index (χ0v) is 30.7. The van der Waals surface area contributed by atoms with Crippen LogP contribution in [0.5, 0.6) is 0 Å². The zero-order valence-electron chi connectivity index (χ0n) is 15.9. The third-order valence-electron chi connectivity index (χ3n) is 2.87. The van der Waals surface area contributed by atoms with Gasteiger partial charge in [-0.05, 0) is 0 Å². The van der Waals surface area contributed by atoms with E-state index in [0.717, 1.165) is 16.9 Å². The average molecular weight is 856 g/mol. The molecule has 0 heterocycles. The van der Waals surface area contributed by atoms with Gasteiger partial charge < -0.3 is 36.8 Å². The Morgan fingerprint density at radius 2 is 1.42 bits per heavy atom. The van der Waals surface area contributed by atoms with Gasteiger partial charge in [0.1, 0.15) is 0 Å². The van der Waals surface area contributed by atoms with Gasteiger partial charge in [-0.3, -0.25) is 23.6 Å². The second kappa shape index (κ2) is 22.6. The largest absolute Gasteiger partial charge is 0.396 e. The van der Waals surface area contributed by atoms with Crippen molar-refractivity contribution in [2.75, 3.05) is 16.8 Å². The first kappa shape index (κ1) is 39.4. The monoisotopic (exact) mass is 856 g/mol. The van der Waals surface area contributed by atoms with Crippen LogP contribution in [0.4, 0.5) is 11.4 Å². The molecule has 3 nitrogen and oxygen atoms in total. The van der Waals surface area contributed by atoms with Crippen molar-refractivity contribution < 1.29 is 165 Å². The van der Waals surface area contributed by atoms with Crippen molar-refractivity contribution in [2.24, 2.45) is 0 Å². The summed E-state index contributed by atoms with van der Waals surface area (Å²) in [6.07, 6.45) is 4.95. The summed E-state index contributed by atoms with van der Waals surface area (Å²) < 4.78 is 0. The molecular weight excluding hydrogens is 834 g/mol. The van der Waals surface area contributed by atoms with E-state index in [1.165, 1.54) is 6.34 Å². The molecule has 1 N–H and O–H groups in total.